The number of nitrogens with one attached hydrogen (secondary N) is 5. The van der Waals surface area contributed by atoms with Crippen molar-refractivity contribution < 1.29 is 33.5 Å². The Labute approximate surface area is 247 Å². The number of nitrogens with two attached hydrogens (primary N) is 2. The average molecular weight is 594 g/mol. The Balaban J connectivity index is 0.00000212. The second-order valence-electron chi connectivity index (χ2n) is 10.4. The van der Waals surface area contributed by atoms with Gasteiger partial charge in [0.05, 0.1) is 25.0 Å². The van der Waals surface area contributed by atoms with Crippen molar-refractivity contribution >= 4 is 41.3 Å². The lowest BCUT2D eigenvalue weighted by Crippen LogP contribution is -2.51. The number of benzene rings is 1. The van der Waals surface area contributed by atoms with Gasteiger partial charge in [0, 0.05) is 29.4 Å². The highest BCUT2D eigenvalue weighted by Gasteiger charge is 2.23. The standard InChI is InChI=1S/C24H37N5O6.C4H10N2O/c1-13(2)21(28-15(5)6)23(33)27-11-20(31)29-17-8-7-16(12-35-24(34)14(3)4)18(9-17)22(32)26-10-19(25)30;1-2-3-6-4(5)7/h7-9,13-15,21,28H,10-12H2,1-6H3,(H2,25,30)(H,26,32)(H,27,33)(H,29,31);2-3H2,1H3,(H3,5,6,7). The molecule has 0 aliphatic carbocycles. The SMILES string of the molecule is CC(C)NC(C(=O)NCC(=O)Nc1ccc(COC(=O)C(C)C)c(C(=O)NCC(N)=O)c1)C(C)C.CCCNC(N)=O. The molecule has 1 atom stereocenters. The van der Waals surface area contributed by atoms with Crippen LogP contribution in [0.3, 0.4) is 0 Å². The minimum absolute atomic E-state index is 0.0271. The van der Waals surface area contributed by atoms with Gasteiger partial charge in [-0.3, -0.25) is 24.0 Å². The first kappa shape index (κ1) is 37.8. The van der Waals surface area contributed by atoms with Crippen LogP contribution in [0.4, 0.5) is 10.5 Å². The van der Waals surface area contributed by atoms with Crippen LogP contribution in [0.1, 0.15) is 70.8 Å². The van der Waals surface area contributed by atoms with Crippen molar-refractivity contribution in [2.45, 2.75) is 73.6 Å². The zero-order valence-corrected chi connectivity index (χ0v) is 25.6. The van der Waals surface area contributed by atoms with Gasteiger partial charge in [-0.05, 0) is 24.5 Å². The predicted octanol–water partition coefficient (Wildman–Crippen LogP) is 0.743. The Morgan fingerprint density at radius 3 is 2.00 bits per heavy atom. The van der Waals surface area contributed by atoms with E-state index < -0.39 is 35.8 Å². The highest BCUT2D eigenvalue weighted by atomic mass is 16.5. The van der Waals surface area contributed by atoms with E-state index in [1.165, 1.54) is 12.1 Å². The van der Waals surface area contributed by atoms with Gasteiger partial charge in [-0.15, -0.1) is 0 Å². The molecule has 0 fully saturated rings. The Morgan fingerprint density at radius 1 is 0.881 bits per heavy atom. The van der Waals surface area contributed by atoms with Crippen molar-refractivity contribution in [1.82, 2.24) is 21.3 Å². The molecular formula is C28H47N7O7. The molecule has 0 bridgehead atoms. The zero-order valence-electron chi connectivity index (χ0n) is 25.6. The Morgan fingerprint density at radius 2 is 1.52 bits per heavy atom. The highest BCUT2D eigenvalue weighted by Crippen LogP contribution is 2.18. The number of hydrogen-bond donors (Lipinski definition) is 7. The summed E-state index contributed by atoms with van der Waals surface area (Å²) in [5.74, 6) is -2.89. The molecule has 0 radical (unpaired) electrons. The quantitative estimate of drug-likeness (QED) is 0.143. The number of urea groups is 1. The second-order valence-corrected chi connectivity index (χ2v) is 10.4. The molecule has 1 unspecified atom stereocenters. The van der Waals surface area contributed by atoms with E-state index in [9.17, 15) is 28.8 Å². The third-order valence-electron chi connectivity index (χ3n) is 5.34. The maximum atomic E-state index is 12.6. The van der Waals surface area contributed by atoms with Gasteiger partial charge in [-0.2, -0.15) is 0 Å². The Hall–Kier alpha value is -4.20. The Bertz CT molecular complexity index is 1070. The first-order valence-electron chi connectivity index (χ1n) is 13.8. The van der Waals surface area contributed by atoms with E-state index in [1.54, 1.807) is 19.9 Å². The minimum Gasteiger partial charge on any atom is -0.461 e. The van der Waals surface area contributed by atoms with Crippen LogP contribution >= 0.6 is 0 Å². The van der Waals surface area contributed by atoms with Gasteiger partial charge in [0.2, 0.25) is 17.7 Å². The molecule has 6 amide bonds. The summed E-state index contributed by atoms with van der Waals surface area (Å²) in [5.41, 5.74) is 10.6. The maximum Gasteiger partial charge on any atom is 0.312 e. The normalized spacial score (nSPS) is 11.2. The fourth-order valence-electron chi connectivity index (χ4n) is 3.23. The number of esters is 1. The third kappa shape index (κ3) is 16.2. The van der Waals surface area contributed by atoms with Crippen LogP contribution in [0.15, 0.2) is 18.2 Å². The van der Waals surface area contributed by atoms with Crippen LogP contribution < -0.4 is 38.1 Å². The Kier molecular flexibility index (Phi) is 17.8. The molecule has 14 nitrogen and oxygen atoms in total. The summed E-state index contributed by atoms with van der Waals surface area (Å²) in [4.78, 5) is 70.2. The van der Waals surface area contributed by atoms with Gasteiger partial charge in [0.1, 0.15) is 6.61 Å². The van der Waals surface area contributed by atoms with Crippen LogP contribution in [0.2, 0.25) is 0 Å². The maximum absolute atomic E-state index is 12.6. The topological polar surface area (TPSA) is 224 Å². The van der Waals surface area contributed by atoms with Crippen LogP contribution in [-0.4, -0.2) is 67.3 Å². The van der Waals surface area contributed by atoms with Gasteiger partial charge in [0.15, 0.2) is 0 Å². The summed E-state index contributed by atoms with van der Waals surface area (Å²) in [6, 6.07) is 3.67. The van der Waals surface area contributed by atoms with Crippen LogP contribution in [0.5, 0.6) is 0 Å². The summed E-state index contributed by atoms with van der Waals surface area (Å²) >= 11 is 0. The molecule has 0 saturated heterocycles. The van der Waals surface area contributed by atoms with Crippen molar-refractivity contribution in [3.8, 4) is 0 Å². The van der Waals surface area contributed by atoms with Crippen LogP contribution in [0.25, 0.3) is 0 Å². The molecule has 9 N–H and O–H groups in total. The number of hydrogen-bond acceptors (Lipinski definition) is 8. The van der Waals surface area contributed by atoms with Crippen molar-refractivity contribution in [2.75, 3.05) is 25.0 Å². The number of amides is 6. The number of anilines is 1. The van der Waals surface area contributed by atoms with Gasteiger partial charge in [-0.25, -0.2) is 4.79 Å². The molecule has 1 rings (SSSR count). The molecule has 0 heterocycles. The lowest BCUT2D eigenvalue weighted by Gasteiger charge is -2.23. The lowest BCUT2D eigenvalue weighted by molar-refractivity contribution is -0.148. The molecular weight excluding hydrogens is 546 g/mol. The summed E-state index contributed by atoms with van der Waals surface area (Å²) in [6.45, 7) is 12.9. The third-order valence-corrected chi connectivity index (χ3v) is 5.34. The van der Waals surface area contributed by atoms with E-state index in [0.717, 1.165) is 6.42 Å². The second kappa shape index (κ2) is 19.8. The van der Waals surface area contributed by atoms with Crippen molar-refractivity contribution in [1.29, 1.82) is 0 Å². The summed E-state index contributed by atoms with van der Waals surface area (Å²) in [6.07, 6.45) is 0.933. The number of primary amides is 2. The lowest BCUT2D eigenvalue weighted by atomic mass is 10.0. The monoisotopic (exact) mass is 593 g/mol. The van der Waals surface area contributed by atoms with Gasteiger partial charge in [0.25, 0.3) is 5.91 Å². The summed E-state index contributed by atoms with van der Waals surface area (Å²) in [5, 5.41) is 13.2. The van der Waals surface area contributed by atoms with E-state index in [-0.39, 0.29) is 54.7 Å². The highest BCUT2D eigenvalue weighted by molar-refractivity contribution is 6.00. The van der Waals surface area contributed by atoms with Crippen LogP contribution in [-0.2, 0) is 30.5 Å². The smallest absolute Gasteiger partial charge is 0.312 e. The number of carbonyl (C=O) groups is 6. The first-order valence-corrected chi connectivity index (χ1v) is 13.8. The number of rotatable bonds is 15. The molecule has 0 aliphatic heterocycles. The van der Waals surface area contributed by atoms with Gasteiger partial charge >= 0.3 is 12.0 Å². The van der Waals surface area contributed by atoms with E-state index in [4.69, 9.17) is 16.2 Å². The molecule has 0 aliphatic rings. The van der Waals surface area contributed by atoms with E-state index in [1.807, 2.05) is 34.6 Å². The fourth-order valence-corrected chi connectivity index (χ4v) is 3.23. The molecule has 236 valence electrons. The van der Waals surface area contributed by atoms with E-state index in [2.05, 4.69) is 26.6 Å². The largest absolute Gasteiger partial charge is 0.461 e. The van der Waals surface area contributed by atoms with E-state index >= 15 is 0 Å². The van der Waals surface area contributed by atoms with E-state index in [0.29, 0.717) is 12.1 Å². The summed E-state index contributed by atoms with van der Waals surface area (Å²) in [7, 11) is 0. The molecule has 1 aromatic rings. The summed E-state index contributed by atoms with van der Waals surface area (Å²) < 4.78 is 5.21. The zero-order chi connectivity index (χ0) is 32.4. The molecule has 0 saturated carbocycles. The van der Waals surface area contributed by atoms with Gasteiger partial charge in [-0.1, -0.05) is 54.5 Å². The number of carbonyl (C=O) groups excluding carboxylic acids is 6. The molecule has 42 heavy (non-hydrogen) atoms. The van der Waals surface area contributed by atoms with Crippen LogP contribution in [0, 0.1) is 11.8 Å². The van der Waals surface area contributed by atoms with Crippen molar-refractivity contribution in [3.63, 3.8) is 0 Å². The van der Waals surface area contributed by atoms with Gasteiger partial charge < -0.3 is 42.8 Å². The average Bonchev–Trinajstić information content (AvgIpc) is 2.91. The minimum atomic E-state index is -0.724. The first-order chi connectivity index (χ1) is 19.6. The predicted molar refractivity (Wildman–Crippen MR) is 159 cm³/mol. The fraction of sp³-hybridized carbons (Fsp3) is 0.571. The van der Waals surface area contributed by atoms with Crippen molar-refractivity contribution in [2.24, 2.45) is 23.3 Å². The molecule has 0 aromatic heterocycles. The number of ether oxygens (including phenoxy) is 1. The van der Waals surface area contributed by atoms with Crippen molar-refractivity contribution in [3.05, 3.63) is 29.3 Å². The molecule has 14 heteroatoms. The molecule has 1 aromatic carbocycles. The molecule has 0 spiro atoms.